The lowest BCUT2D eigenvalue weighted by Crippen LogP contribution is -2.28. The van der Waals surface area contributed by atoms with Gasteiger partial charge in [0.1, 0.15) is 17.3 Å². The van der Waals surface area contributed by atoms with Crippen LogP contribution < -0.4 is 4.74 Å². The first-order valence-electron chi connectivity index (χ1n) is 10.8. The van der Waals surface area contributed by atoms with Gasteiger partial charge in [-0.1, -0.05) is 24.3 Å². The van der Waals surface area contributed by atoms with Crippen LogP contribution in [0.2, 0.25) is 0 Å². The predicted molar refractivity (Wildman–Crippen MR) is 126 cm³/mol. The number of ether oxygens (including phenoxy) is 1. The van der Waals surface area contributed by atoms with Crippen molar-refractivity contribution in [1.29, 1.82) is 0 Å². The third-order valence-corrected chi connectivity index (χ3v) is 5.33. The summed E-state index contributed by atoms with van der Waals surface area (Å²) in [5, 5.41) is 0. The van der Waals surface area contributed by atoms with E-state index in [0.717, 1.165) is 35.6 Å². The Hall–Kier alpha value is -3.67. The predicted octanol–water partition coefficient (Wildman–Crippen LogP) is 4.79. The fraction of sp³-hybridized carbons (Fsp3) is 0.269. The van der Waals surface area contributed by atoms with Crippen molar-refractivity contribution >= 4 is 16.9 Å². The quantitative estimate of drug-likeness (QED) is 0.379. The fourth-order valence-electron chi connectivity index (χ4n) is 3.89. The van der Waals surface area contributed by atoms with E-state index in [4.69, 9.17) is 9.72 Å². The van der Waals surface area contributed by atoms with Crippen LogP contribution in [0.5, 0.6) is 5.75 Å². The van der Waals surface area contributed by atoms with Gasteiger partial charge in [0.2, 0.25) is 0 Å². The van der Waals surface area contributed by atoms with Gasteiger partial charge in [0.15, 0.2) is 0 Å². The van der Waals surface area contributed by atoms with Crippen LogP contribution in [0, 0.1) is 13.8 Å². The topological polar surface area (TPSA) is 60.2 Å². The van der Waals surface area contributed by atoms with Crippen LogP contribution in [0.3, 0.4) is 0 Å². The Labute approximate surface area is 188 Å². The molecular weight excluding hydrogens is 400 g/mol. The molecule has 32 heavy (non-hydrogen) atoms. The van der Waals surface area contributed by atoms with E-state index < -0.39 is 0 Å². The van der Waals surface area contributed by atoms with Gasteiger partial charge in [-0.25, -0.2) is 4.98 Å². The first-order chi connectivity index (χ1) is 15.5. The second kappa shape index (κ2) is 9.64. The summed E-state index contributed by atoms with van der Waals surface area (Å²) in [6, 6.07) is 19.7. The minimum atomic E-state index is -0.123. The summed E-state index contributed by atoms with van der Waals surface area (Å²) in [6.07, 6.45) is 2.46. The fourth-order valence-corrected chi connectivity index (χ4v) is 3.89. The summed E-state index contributed by atoms with van der Waals surface area (Å²) >= 11 is 0. The smallest absolute Gasteiger partial charge is 0.272 e. The summed E-state index contributed by atoms with van der Waals surface area (Å²) in [6.45, 7) is 5.92. The van der Waals surface area contributed by atoms with E-state index in [1.807, 2.05) is 24.3 Å². The Bertz CT molecular complexity index is 1200. The van der Waals surface area contributed by atoms with Gasteiger partial charge < -0.3 is 14.2 Å². The highest BCUT2D eigenvalue weighted by Crippen LogP contribution is 2.19. The van der Waals surface area contributed by atoms with Crippen LogP contribution in [0.25, 0.3) is 11.0 Å². The Balaban J connectivity index is 1.47. The van der Waals surface area contributed by atoms with E-state index >= 15 is 0 Å². The van der Waals surface area contributed by atoms with Gasteiger partial charge in [0.05, 0.1) is 24.2 Å². The number of para-hydroxylation sites is 2. The number of benzene rings is 2. The van der Waals surface area contributed by atoms with Crippen LogP contribution in [0.1, 0.15) is 33.9 Å². The largest absolute Gasteiger partial charge is 0.494 e. The Morgan fingerprint density at radius 1 is 1.03 bits per heavy atom. The number of hydrogen-bond donors (Lipinski definition) is 0. The maximum Gasteiger partial charge on any atom is 0.272 e. The Morgan fingerprint density at radius 2 is 1.78 bits per heavy atom. The highest BCUT2D eigenvalue weighted by atomic mass is 16.5. The molecule has 0 saturated carbocycles. The minimum absolute atomic E-state index is 0.123. The molecule has 0 fully saturated rings. The summed E-state index contributed by atoms with van der Waals surface area (Å²) in [5.41, 5.74) is 4.82. The molecule has 0 aliphatic rings. The van der Waals surface area contributed by atoms with Crippen LogP contribution in [0.15, 0.2) is 66.9 Å². The summed E-state index contributed by atoms with van der Waals surface area (Å²) in [5.74, 6) is 1.63. The lowest BCUT2D eigenvalue weighted by atomic mass is 10.1. The molecule has 0 radical (unpaired) electrons. The van der Waals surface area contributed by atoms with Crippen LogP contribution in [-0.2, 0) is 13.1 Å². The number of imidazole rings is 1. The van der Waals surface area contributed by atoms with Crippen molar-refractivity contribution in [3.05, 3.63) is 89.5 Å². The molecule has 0 saturated heterocycles. The molecule has 0 spiro atoms. The third-order valence-electron chi connectivity index (χ3n) is 5.33. The van der Waals surface area contributed by atoms with Crippen molar-refractivity contribution in [2.45, 2.75) is 33.4 Å². The zero-order valence-corrected chi connectivity index (χ0v) is 18.8. The molecule has 6 heteroatoms. The maximum absolute atomic E-state index is 12.8. The summed E-state index contributed by atoms with van der Waals surface area (Å²) in [7, 11) is 1.78. The lowest BCUT2D eigenvalue weighted by molar-refractivity contribution is 0.0774. The van der Waals surface area contributed by atoms with Crippen LogP contribution in [-0.4, -0.2) is 39.0 Å². The standard InChI is InChI=1S/C26H28N4O2/c1-19-15-20(2)17-21(16-19)32-14-8-13-30-24-11-5-4-9-22(24)28-25(30)18-29(3)26(31)23-10-6-7-12-27-23/h4-7,9-12,15-17H,8,13-14,18H2,1-3H3. The molecule has 0 unspecified atom stereocenters. The Kier molecular flexibility index (Phi) is 6.50. The Morgan fingerprint density at radius 3 is 2.53 bits per heavy atom. The molecule has 0 aliphatic heterocycles. The number of pyridine rings is 1. The van der Waals surface area contributed by atoms with Crippen LogP contribution >= 0.6 is 0 Å². The van der Waals surface area contributed by atoms with Crippen molar-refractivity contribution in [2.75, 3.05) is 13.7 Å². The normalized spacial score (nSPS) is 11.0. The van der Waals surface area contributed by atoms with Gasteiger partial charge in [0, 0.05) is 19.8 Å². The highest BCUT2D eigenvalue weighted by molar-refractivity contribution is 5.92. The number of carbonyl (C=O) groups is 1. The minimum Gasteiger partial charge on any atom is -0.494 e. The summed E-state index contributed by atoms with van der Waals surface area (Å²) < 4.78 is 8.17. The average Bonchev–Trinajstić information content (AvgIpc) is 3.13. The number of aromatic nitrogens is 3. The van der Waals surface area contributed by atoms with Gasteiger partial charge in [-0.3, -0.25) is 9.78 Å². The first kappa shape index (κ1) is 21.6. The van der Waals surface area contributed by atoms with E-state index in [-0.39, 0.29) is 5.91 Å². The molecule has 0 aliphatic carbocycles. The number of rotatable bonds is 8. The van der Waals surface area contributed by atoms with Gasteiger partial charge in [-0.2, -0.15) is 0 Å². The molecule has 164 valence electrons. The molecule has 1 amide bonds. The SMILES string of the molecule is Cc1cc(C)cc(OCCCn2c(CN(C)C(=O)c3ccccn3)nc3ccccc32)c1. The van der Waals surface area contributed by atoms with E-state index in [1.54, 1.807) is 30.3 Å². The molecule has 2 aromatic carbocycles. The van der Waals surface area contributed by atoms with Crippen molar-refractivity contribution in [3.8, 4) is 5.75 Å². The number of aryl methyl sites for hydroxylation is 3. The first-order valence-corrected chi connectivity index (χ1v) is 10.8. The molecule has 0 bridgehead atoms. The molecule has 4 rings (SSSR count). The number of carbonyl (C=O) groups excluding carboxylic acids is 1. The molecule has 4 aromatic rings. The van der Waals surface area contributed by atoms with Gasteiger partial charge in [0.25, 0.3) is 5.91 Å². The maximum atomic E-state index is 12.8. The van der Waals surface area contributed by atoms with Crippen molar-refractivity contribution in [1.82, 2.24) is 19.4 Å². The molecule has 0 N–H and O–H groups in total. The van der Waals surface area contributed by atoms with E-state index in [1.165, 1.54) is 11.1 Å². The monoisotopic (exact) mass is 428 g/mol. The van der Waals surface area contributed by atoms with Gasteiger partial charge >= 0.3 is 0 Å². The van der Waals surface area contributed by atoms with E-state index in [9.17, 15) is 4.79 Å². The zero-order valence-electron chi connectivity index (χ0n) is 18.8. The van der Waals surface area contributed by atoms with Gasteiger partial charge in [-0.05, 0) is 67.8 Å². The van der Waals surface area contributed by atoms with Crippen LogP contribution in [0.4, 0.5) is 0 Å². The second-order valence-corrected chi connectivity index (χ2v) is 8.07. The van der Waals surface area contributed by atoms with E-state index in [0.29, 0.717) is 18.8 Å². The zero-order chi connectivity index (χ0) is 22.5. The van der Waals surface area contributed by atoms with Crippen molar-refractivity contribution < 1.29 is 9.53 Å². The highest BCUT2D eigenvalue weighted by Gasteiger charge is 2.17. The third kappa shape index (κ3) is 4.97. The number of fused-ring (bicyclic) bond motifs is 1. The molecule has 6 nitrogen and oxygen atoms in total. The second-order valence-electron chi connectivity index (χ2n) is 8.07. The number of amides is 1. The number of nitrogens with zero attached hydrogens (tertiary/aromatic N) is 4. The molecule has 2 heterocycles. The molecule has 2 aromatic heterocycles. The average molecular weight is 429 g/mol. The van der Waals surface area contributed by atoms with Crippen molar-refractivity contribution in [2.24, 2.45) is 0 Å². The molecular formula is C26H28N4O2. The lowest BCUT2D eigenvalue weighted by Gasteiger charge is -2.18. The van der Waals surface area contributed by atoms with Gasteiger partial charge in [-0.15, -0.1) is 0 Å². The van der Waals surface area contributed by atoms with Crippen molar-refractivity contribution in [3.63, 3.8) is 0 Å². The molecule has 0 atom stereocenters. The summed E-state index contributed by atoms with van der Waals surface area (Å²) in [4.78, 5) is 23.4. The number of hydrogen-bond acceptors (Lipinski definition) is 4. The van der Waals surface area contributed by atoms with E-state index in [2.05, 4.69) is 47.7 Å².